The molecule has 10 heteroatoms. The van der Waals surface area contributed by atoms with Crippen molar-refractivity contribution < 1.29 is 38.1 Å². The topological polar surface area (TPSA) is 129 Å². The molecule has 0 spiro atoms. The number of esters is 2. The van der Waals surface area contributed by atoms with Gasteiger partial charge in [-0.1, -0.05) is 12.1 Å². The molecule has 0 radical (unpaired) electrons. The minimum absolute atomic E-state index is 0.0740. The molecule has 0 saturated carbocycles. The average molecular weight is 444 g/mol. The number of ether oxygens (including phenoxy) is 4. The maximum absolute atomic E-state index is 12.6. The molecule has 0 aromatic heterocycles. The standard InChI is InChI=1S/C22H24N2O8/c1-29-17-9-6-15(11-18(17)32-13-21(27)31-3)22(28)24-16-7-4-14(5-8-16)10-19(25)23-12-20(26)30-2/h4-9,11H,10,12-13H2,1-3H3,(H,23,25)(H,24,28). The zero-order valence-electron chi connectivity index (χ0n) is 17.9. The van der Waals surface area contributed by atoms with Gasteiger partial charge in [-0.3, -0.25) is 14.4 Å². The Balaban J connectivity index is 1.99. The third-order valence-electron chi connectivity index (χ3n) is 4.23. The largest absolute Gasteiger partial charge is 0.493 e. The molecule has 0 heterocycles. The van der Waals surface area contributed by atoms with Gasteiger partial charge >= 0.3 is 11.9 Å². The van der Waals surface area contributed by atoms with Crippen LogP contribution in [0, 0.1) is 0 Å². The Kier molecular flexibility index (Phi) is 9.03. The highest BCUT2D eigenvalue weighted by atomic mass is 16.6. The van der Waals surface area contributed by atoms with Crippen LogP contribution in [-0.4, -0.2) is 58.2 Å². The van der Waals surface area contributed by atoms with Gasteiger partial charge in [-0.25, -0.2) is 4.79 Å². The molecular weight excluding hydrogens is 420 g/mol. The molecule has 2 amide bonds. The van der Waals surface area contributed by atoms with Gasteiger partial charge in [-0.05, 0) is 35.9 Å². The molecule has 2 aromatic rings. The number of benzene rings is 2. The summed E-state index contributed by atoms with van der Waals surface area (Å²) < 4.78 is 19.5. The Morgan fingerprint density at radius 3 is 2.16 bits per heavy atom. The van der Waals surface area contributed by atoms with Gasteiger partial charge in [0.1, 0.15) is 6.54 Å². The lowest BCUT2D eigenvalue weighted by Gasteiger charge is -2.12. The molecule has 0 atom stereocenters. The van der Waals surface area contributed by atoms with Gasteiger partial charge in [0.05, 0.1) is 27.8 Å². The van der Waals surface area contributed by atoms with Crippen molar-refractivity contribution in [3.05, 3.63) is 53.6 Å². The van der Waals surface area contributed by atoms with E-state index in [1.54, 1.807) is 36.4 Å². The zero-order chi connectivity index (χ0) is 23.5. The smallest absolute Gasteiger partial charge is 0.343 e. The molecule has 2 aromatic carbocycles. The summed E-state index contributed by atoms with van der Waals surface area (Å²) >= 11 is 0. The Morgan fingerprint density at radius 2 is 1.53 bits per heavy atom. The van der Waals surface area contributed by atoms with E-state index in [1.165, 1.54) is 27.4 Å². The molecule has 2 rings (SSSR count). The number of nitrogens with one attached hydrogen (secondary N) is 2. The SMILES string of the molecule is COC(=O)CNC(=O)Cc1ccc(NC(=O)c2ccc(OC)c(OCC(=O)OC)c2)cc1. The van der Waals surface area contributed by atoms with Gasteiger partial charge < -0.3 is 29.6 Å². The van der Waals surface area contributed by atoms with E-state index in [1.807, 2.05) is 0 Å². The Bertz CT molecular complexity index is 972. The van der Waals surface area contributed by atoms with E-state index >= 15 is 0 Å². The van der Waals surface area contributed by atoms with Crippen LogP contribution < -0.4 is 20.1 Å². The Hall–Kier alpha value is -4.08. The molecule has 0 saturated heterocycles. The maximum atomic E-state index is 12.6. The van der Waals surface area contributed by atoms with Gasteiger partial charge in [0.15, 0.2) is 18.1 Å². The van der Waals surface area contributed by atoms with E-state index < -0.39 is 17.8 Å². The highest BCUT2D eigenvalue weighted by Crippen LogP contribution is 2.28. The normalized spacial score (nSPS) is 9.97. The summed E-state index contributed by atoms with van der Waals surface area (Å²) in [6.07, 6.45) is 0.0740. The average Bonchev–Trinajstić information content (AvgIpc) is 2.81. The van der Waals surface area contributed by atoms with Crippen LogP contribution in [0.3, 0.4) is 0 Å². The summed E-state index contributed by atoms with van der Waals surface area (Å²) in [7, 11) is 3.92. The summed E-state index contributed by atoms with van der Waals surface area (Å²) in [5, 5.41) is 5.19. The lowest BCUT2D eigenvalue weighted by Crippen LogP contribution is -2.31. The lowest BCUT2D eigenvalue weighted by atomic mass is 10.1. The van der Waals surface area contributed by atoms with Crippen LogP contribution in [0.1, 0.15) is 15.9 Å². The quantitative estimate of drug-likeness (QED) is 0.525. The van der Waals surface area contributed by atoms with Crippen molar-refractivity contribution >= 4 is 29.4 Å². The first-order chi connectivity index (χ1) is 15.4. The summed E-state index contributed by atoms with van der Waals surface area (Å²) in [5.41, 5.74) is 1.51. The van der Waals surface area contributed by atoms with Gasteiger partial charge in [0, 0.05) is 11.3 Å². The molecule has 0 aliphatic carbocycles. The number of carbonyl (C=O) groups is 4. The first-order valence-corrected chi connectivity index (χ1v) is 9.47. The van der Waals surface area contributed by atoms with Gasteiger partial charge in [-0.15, -0.1) is 0 Å². The fourth-order valence-electron chi connectivity index (χ4n) is 2.53. The Labute approximate surface area is 184 Å². The van der Waals surface area contributed by atoms with Crippen molar-refractivity contribution in [2.75, 3.05) is 39.8 Å². The first kappa shape index (κ1) is 24.2. The van der Waals surface area contributed by atoms with Crippen molar-refractivity contribution in [3.8, 4) is 11.5 Å². The lowest BCUT2D eigenvalue weighted by molar-refractivity contribution is -0.143. The third-order valence-corrected chi connectivity index (χ3v) is 4.23. The van der Waals surface area contributed by atoms with Crippen molar-refractivity contribution in [1.82, 2.24) is 5.32 Å². The summed E-state index contributed by atoms with van der Waals surface area (Å²) in [6.45, 7) is -0.525. The summed E-state index contributed by atoms with van der Waals surface area (Å²) in [4.78, 5) is 46.8. The second-order valence-electron chi connectivity index (χ2n) is 6.41. The number of methoxy groups -OCH3 is 3. The van der Waals surface area contributed by atoms with Crippen LogP contribution >= 0.6 is 0 Å². The number of anilines is 1. The van der Waals surface area contributed by atoms with Crippen molar-refractivity contribution in [2.45, 2.75) is 6.42 Å². The highest BCUT2D eigenvalue weighted by Gasteiger charge is 2.13. The van der Waals surface area contributed by atoms with E-state index in [4.69, 9.17) is 9.47 Å². The van der Waals surface area contributed by atoms with Crippen LogP contribution in [-0.2, 0) is 30.3 Å². The summed E-state index contributed by atoms with van der Waals surface area (Å²) in [6, 6.07) is 11.2. The number of hydrogen-bond acceptors (Lipinski definition) is 8. The van der Waals surface area contributed by atoms with Crippen molar-refractivity contribution in [1.29, 1.82) is 0 Å². The molecule has 10 nitrogen and oxygen atoms in total. The fourth-order valence-corrected chi connectivity index (χ4v) is 2.53. The number of amides is 2. The van der Waals surface area contributed by atoms with Crippen LogP contribution in [0.2, 0.25) is 0 Å². The Morgan fingerprint density at radius 1 is 0.844 bits per heavy atom. The fraction of sp³-hybridized carbons (Fsp3) is 0.273. The monoisotopic (exact) mass is 444 g/mol. The highest BCUT2D eigenvalue weighted by molar-refractivity contribution is 6.04. The van der Waals surface area contributed by atoms with Crippen LogP contribution in [0.4, 0.5) is 5.69 Å². The minimum atomic E-state index is -0.569. The molecule has 0 aliphatic rings. The van der Waals surface area contributed by atoms with Gasteiger partial charge in [0.2, 0.25) is 5.91 Å². The maximum Gasteiger partial charge on any atom is 0.343 e. The second-order valence-corrected chi connectivity index (χ2v) is 6.41. The van der Waals surface area contributed by atoms with E-state index in [9.17, 15) is 19.2 Å². The van der Waals surface area contributed by atoms with Crippen molar-refractivity contribution in [2.24, 2.45) is 0 Å². The second kappa shape index (κ2) is 11.9. The van der Waals surface area contributed by atoms with Crippen LogP contribution in [0.15, 0.2) is 42.5 Å². The van der Waals surface area contributed by atoms with E-state index in [2.05, 4.69) is 20.1 Å². The minimum Gasteiger partial charge on any atom is -0.493 e. The molecule has 0 fully saturated rings. The predicted molar refractivity (Wildman–Crippen MR) is 114 cm³/mol. The molecule has 0 aliphatic heterocycles. The van der Waals surface area contributed by atoms with Crippen molar-refractivity contribution in [3.63, 3.8) is 0 Å². The third kappa shape index (κ3) is 7.31. The predicted octanol–water partition coefficient (Wildman–Crippen LogP) is 1.33. The van der Waals surface area contributed by atoms with E-state index in [0.717, 1.165) is 0 Å². The van der Waals surface area contributed by atoms with Crippen LogP contribution in [0.25, 0.3) is 0 Å². The molecular formula is C22H24N2O8. The number of hydrogen-bond donors (Lipinski definition) is 2. The summed E-state index contributed by atoms with van der Waals surface area (Å²) in [5.74, 6) is -1.25. The molecule has 170 valence electrons. The zero-order valence-corrected chi connectivity index (χ0v) is 17.9. The van der Waals surface area contributed by atoms with Gasteiger partial charge in [-0.2, -0.15) is 0 Å². The van der Waals surface area contributed by atoms with E-state index in [0.29, 0.717) is 17.0 Å². The van der Waals surface area contributed by atoms with E-state index in [-0.39, 0.29) is 36.8 Å². The number of rotatable bonds is 10. The van der Waals surface area contributed by atoms with Crippen LogP contribution in [0.5, 0.6) is 11.5 Å². The molecule has 0 unspecified atom stereocenters. The first-order valence-electron chi connectivity index (χ1n) is 9.47. The van der Waals surface area contributed by atoms with Gasteiger partial charge in [0.25, 0.3) is 5.91 Å². The molecule has 2 N–H and O–H groups in total. The number of carbonyl (C=O) groups excluding carboxylic acids is 4. The molecule has 32 heavy (non-hydrogen) atoms. The molecule has 0 bridgehead atoms.